The number of nitrogens with one attached hydrogen (secondary N) is 1. The lowest BCUT2D eigenvalue weighted by atomic mass is 10.1. The molecule has 0 radical (unpaired) electrons. The number of benzene rings is 2. The number of amides is 2. The second kappa shape index (κ2) is 8.10. The van der Waals surface area contributed by atoms with Crippen molar-refractivity contribution in [2.75, 3.05) is 11.9 Å². The molecule has 6 heteroatoms. The molecule has 0 bridgehead atoms. The Morgan fingerprint density at radius 3 is 2.31 bits per heavy atom. The van der Waals surface area contributed by atoms with Crippen LogP contribution >= 0.6 is 12.2 Å². The largest absolute Gasteiger partial charge is 0.332 e. The second-order valence-electron chi connectivity index (χ2n) is 6.11. The molecule has 1 heterocycles. The van der Waals surface area contributed by atoms with Crippen LogP contribution < -0.4 is 5.32 Å². The molecule has 1 atom stereocenters. The minimum Gasteiger partial charge on any atom is -0.332 e. The van der Waals surface area contributed by atoms with Crippen molar-refractivity contribution in [1.82, 2.24) is 9.80 Å². The molecule has 1 aliphatic heterocycles. The summed E-state index contributed by atoms with van der Waals surface area (Å²) in [7, 11) is 0. The van der Waals surface area contributed by atoms with Crippen LogP contribution in [0.3, 0.4) is 0 Å². The molecule has 1 saturated heterocycles. The standard InChI is InChI=1S/C20H21N3O2S/c1-2-22-19(25)17(13-18(24)21-16-11-7-4-8-12-16)23(20(22)26)14-15-9-5-3-6-10-15/h3-12,17H,2,13-14H2,1H3,(H,21,24)/t17-/m0/s1. The number of hydrogen-bond donors (Lipinski definition) is 1. The van der Waals surface area contributed by atoms with Crippen molar-refractivity contribution >= 4 is 34.8 Å². The Morgan fingerprint density at radius 1 is 1.08 bits per heavy atom. The van der Waals surface area contributed by atoms with E-state index in [0.29, 0.717) is 23.9 Å². The predicted molar refractivity (Wildman–Crippen MR) is 105 cm³/mol. The molecule has 2 amide bonds. The van der Waals surface area contributed by atoms with Gasteiger partial charge in [-0.3, -0.25) is 14.5 Å². The zero-order valence-electron chi connectivity index (χ0n) is 14.6. The van der Waals surface area contributed by atoms with Gasteiger partial charge in [0, 0.05) is 18.8 Å². The van der Waals surface area contributed by atoms with Gasteiger partial charge in [-0.2, -0.15) is 0 Å². The molecule has 0 spiro atoms. The van der Waals surface area contributed by atoms with Crippen LogP contribution in [0.15, 0.2) is 60.7 Å². The van der Waals surface area contributed by atoms with Crippen molar-refractivity contribution in [3.8, 4) is 0 Å². The Labute approximate surface area is 158 Å². The average molecular weight is 367 g/mol. The van der Waals surface area contributed by atoms with Crippen LogP contribution in [0.25, 0.3) is 0 Å². The number of likely N-dealkylation sites (N-methyl/N-ethyl adjacent to an activating group) is 1. The Balaban J connectivity index is 1.76. The zero-order valence-corrected chi connectivity index (χ0v) is 15.4. The maximum atomic E-state index is 12.8. The lowest BCUT2D eigenvalue weighted by molar-refractivity contribution is -0.130. The molecule has 26 heavy (non-hydrogen) atoms. The first-order chi connectivity index (χ1) is 12.6. The fourth-order valence-electron chi connectivity index (χ4n) is 3.05. The molecule has 5 nitrogen and oxygen atoms in total. The minimum absolute atomic E-state index is 0.0667. The van der Waals surface area contributed by atoms with Gasteiger partial charge in [-0.15, -0.1) is 0 Å². The molecule has 1 aliphatic rings. The zero-order chi connectivity index (χ0) is 18.5. The quantitative estimate of drug-likeness (QED) is 0.798. The van der Waals surface area contributed by atoms with Gasteiger partial charge in [0.25, 0.3) is 5.91 Å². The summed E-state index contributed by atoms with van der Waals surface area (Å²) in [5, 5.41) is 3.33. The van der Waals surface area contributed by atoms with Gasteiger partial charge >= 0.3 is 0 Å². The summed E-state index contributed by atoms with van der Waals surface area (Å²) in [6.07, 6.45) is 0.0667. The van der Waals surface area contributed by atoms with Crippen molar-refractivity contribution in [3.05, 3.63) is 66.2 Å². The molecular formula is C20H21N3O2S. The summed E-state index contributed by atoms with van der Waals surface area (Å²) >= 11 is 5.50. The SMILES string of the molecule is CCN1C(=O)[C@H](CC(=O)Nc2ccccc2)N(Cc2ccccc2)C1=S. The molecule has 0 aromatic heterocycles. The lowest BCUT2D eigenvalue weighted by Crippen LogP contribution is -2.37. The number of carbonyl (C=O) groups excluding carboxylic acids is 2. The number of rotatable bonds is 6. The van der Waals surface area contributed by atoms with E-state index >= 15 is 0 Å². The van der Waals surface area contributed by atoms with E-state index in [-0.39, 0.29) is 18.2 Å². The van der Waals surface area contributed by atoms with E-state index in [2.05, 4.69) is 5.32 Å². The fourth-order valence-corrected chi connectivity index (χ4v) is 3.46. The van der Waals surface area contributed by atoms with Gasteiger partial charge in [0.15, 0.2) is 5.11 Å². The van der Waals surface area contributed by atoms with Gasteiger partial charge in [0.05, 0.1) is 6.42 Å². The summed E-state index contributed by atoms with van der Waals surface area (Å²) in [5.74, 6) is -0.315. The molecule has 3 rings (SSSR count). The van der Waals surface area contributed by atoms with Gasteiger partial charge in [-0.1, -0.05) is 48.5 Å². The smallest absolute Gasteiger partial charge is 0.252 e. The van der Waals surface area contributed by atoms with Crippen LogP contribution in [0.5, 0.6) is 0 Å². The Bertz CT molecular complexity index is 795. The van der Waals surface area contributed by atoms with Crippen LogP contribution in [0.4, 0.5) is 5.69 Å². The van der Waals surface area contributed by atoms with Crippen LogP contribution in [0.2, 0.25) is 0 Å². The highest BCUT2D eigenvalue weighted by atomic mass is 32.1. The molecule has 1 N–H and O–H groups in total. The molecular weight excluding hydrogens is 346 g/mol. The van der Waals surface area contributed by atoms with E-state index < -0.39 is 6.04 Å². The first kappa shape index (κ1) is 18.1. The molecule has 0 saturated carbocycles. The van der Waals surface area contributed by atoms with E-state index in [0.717, 1.165) is 5.56 Å². The van der Waals surface area contributed by atoms with Gasteiger partial charge in [0.1, 0.15) is 6.04 Å². The Kier molecular flexibility index (Phi) is 5.63. The first-order valence-corrected chi connectivity index (χ1v) is 9.01. The molecule has 2 aromatic carbocycles. The van der Waals surface area contributed by atoms with E-state index in [4.69, 9.17) is 12.2 Å². The number of carbonyl (C=O) groups is 2. The van der Waals surface area contributed by atoms with Crippen LogP contribution in [-0.4, -0.2) is 39.3 Å². The Hall–Kier alpha value is -2.73. The summed E-state index contributed by atoms with van der Waals surface area (Å²) in [5.41, 5.74) is 1.77. The third-order valence-corrected chi connectivity index (χ3v) is 4.81. The maximum Gasteiger partial charge on any atom is 0.252 e. The summed E-state index contributed by atoms with van der Waals surface area (Å²) < 4.78 is 0. The van der Waals surface area contributed by atoms with E-state index in [1.54, 1.807) is 4.90 Å². The van der Waals surface area contributed by atoms with Crippen LogP contribution in [0, 0.1) is 0 Å². The summed E-state index contributed by atoms with van der Waals surface area (Å²) in [4.78, 5) is 28.6. The predicted octanol–water partition coefficient (Wildman–Crippen LogP) is 3.03. The highest BCUT2D eigenvalue weighted by Crippen LogP contribution is 2.23. The highest BCUT2D eigenvalue weighted by Gasteiger charge is 2.42. The molecule has 2 aromatic rings. The average Bonchev–Trinajstić information content (AvgIpc) is 2.87. The minimum atomic E-state index is -0.577. The fraction of sp³-hybridized carbons (Fsp3) is 0.250. The van der Waals surface area contributed by atoms with Gasteiger partial charge in [-0.25, -0.2) is 0 Å². The third-order valence-electron chi connectivity index (χ3n) is 4.35. The molecule has 134 valence electrons. The monoisotopic (exact) mass is 367 g/mol. The molecule has 1 fully saturated rings. The highest BCUT2D eigenvalue weighted by molar-refractivity contribution is 7.80. The molecule has 0 aliphatic carbocycles. The van der Waals surface area contributed by atoms with E-state index in [1.165, 1.54) is 0 Å². The number of thiocarbonyl (C=S) groups is 1. The topological polar surface area (TPSA) is 52.7 Å². The van der Waals surface area contributed by atoms with E-state index in [1.807, 2.05) is 72.5 Å². The van der Waals surface area contributed by atoms with E-state index in [9.17, 15) is 9.59 Å². The molecule has 0 unspecified atom stereocenters. The van der Waals surface area contributed by atoms with Gasteiger partial charge < -0.3 is 10.2 Å². The normalized spacial score (nSPS) is 16.9. The Morgan fingerprint density at radius 2 is 1.69 bits per heavy atom. The number of hydrogen-bond acceptors (Lipinski definition) is 3. The van der Waals surface area contributed by atoms with Gasteiger partial charge in [0.2, 0.25) is 5.91 Å². The van der Waals surface area contributed by atoms with Crippen LogP contribution in [0.1, 0.15) is 18.9 Å². The number of nitrogens with zero attached hydrogens (tertiary/aromatic N) is 2. The van der Waals surface area contributed by atoms with Crippen molar-refractivity contribution < 1.29 is 9.59 Å². The van der Waals surface area contributed by atoms with Gasteiger partial charge in [-0.05, 0) is 36.8 Å². The van der Waals surface area contributed by atoms with Crippen molar-refractivity contribution in [3.63, 3.8) is 0 Å². The number of anilines is 1. The van der Waals surface area contributed by atoms with Crippen molar-refractivity contribution in [2.45, 2.75) is 25.9 Å². The van der Waals surface area contributed by atoms with Crippen molar-refractivity contribution in [2.24, 2.45) is 0 Å². The van der Waals surface area contributed by atoms with Crippen molar-refractivity contribution in [1.29, 1.82) is 0 Å². The lowest BCUT2D eigenvalue weighted by Gasteiger charge is -2.23. The first-order valence-electron chi connectivity index (χ1n) is 8.61. The summed E-state index contributed by atoms with van der Waals surface area (Å²) in [6.45, 7) is 2.89. The maximum absolute atomic E-state index is 12.8. The third kappa shape index (κ3) is 3.91. The summed E-state index contributed by atoms with van der Waals surface area (Å²) in [6, 6.07) is 18.5. The van der Waals surface area contributed by atoms with Crippen LogP contribution in [-0.2, 0) is 16.1 Å². The second-order valence-corrected chi connectivity index (χ2v) is 6.48. The number of para-hydroxylation sites is 1.